The summed E-state index contributed by atoms with van der Waals surface area (Å²) in [7, 11) is 0. The van der Waals surface area contributed by atoms with Gasteiger partial charge < -0.3 is 10.1 Å². The highest BCUT2D eigenvalue weighted by Crippen LogP contribution is 2.27. The van der Waals surface area contributed by atoms with E-state index in [-0.39, 0.29) is 11.7 Å². The molecule has 2 aromatic carbocycles. The van der Waals surface area contributed by atoms with Crippen molar-refractivity contribution in [2.45, 2.75) is 38.8 Å². The van der Waals surface area contributed by atoms with Gasteiger partial charge in [0.2, 0.25) is 0 Å². The molecule has 0 saturated carbocycles. The summed E-state index contributed by atoms with van der Waals surface area (Å²) >= 11 is 0. The molecule has 34 heavy (non-hydrogen) atoms. The van der Waals surface area contributed by atoms with Crippen LogP contribution in [0.3, 0.4) is 0 Å². The fourth-order valence-corrected chi connectivity index (χ4v) is 4.20. The Morgan fingerprint density at radius 1 is 1.00 bits per heavy atom. The lowest BCUT2D eigenvalue weighted by Gasteiger charge is -2.14. The SMILES string of the molecule is O=C(NCc1ccc(OCc2cccnc2)cc1)c1nn(-c2ccc(F)cc2)c2c1CCCC2. The molecule has 1 amide bonds. The lowest BCUT2D eigenvalue weighted by atomic mass is 9.95. The van der Waals surface area contributed by atoms with E-state index >= 15 is 0 Å². The van der Waals surface area contributed by atoms with Gasteiger partial charge in [0.05, 0.1) is 5.69 Å². The number of amides is 1. The normalized spacial score (nSPS) is 12.7. The van der Waals surface area contributed by atoms with Gasteiger partial charge in [-0.1, -0.05) is 18.2 Å². The number of benzene rings is 2. The Morgan fingerprint density at radius 3 is 2.56 bits per heavy atom. The van der Waals surface area contributed by atoms with Crippen LogP contribution < -0.4 is 10.1 Å². The molecule has 0 atom stereocenters. The van der Waals surface area contributed by atoms with Gasteiger partial charge in [0.25, 0.3) is 5.91 Å². The number of hydrogen-bond acceptors (Lipinski definition) is 4. The first kappa shape index (κ1) is 21.8. The van der Waals surface area contributed by atoms with Crippen molar-refractivity contribution in [1.29, 1.82) is 0 Å². The van der Waals surface area contributed by atoms with Gasteiger partial charge in [-0.3, -0.25) is 9.78 Å². The first-order chi connectivity index (χ1) is 16.7. The van der Waals surface area contributed by atoms with Crippen molar-refractivity contribution in [3.63, 3.8) is 0 Å². The van der Waals surface area contributed by atoms with E-state index in [1.165, 1.54) is 12.1 Å². The van der Waals surface area contributed by atoms with Crippen LogP contribution in [0, 0.1) is 5.82 Å². The molecule has 0 unspecified atom stereocenters. The highest BCUT2D eigenvalue weighted by Gasteiger charge is 2.25. The Morgan fingerprint density at radius 2 is 1.79 bits per heavy atom. The number of nitrogens with zero attached hydrogens (tertiary/aromatic N) is 3. The third-order valence-corrected chi connectivity index (χ3v) is 5.97. The Hall–Kier alpha value is -4.00. The zero-order valence-electron chi connectivity index (χ0n) is 18.7. The summed E-state index contributed by atoms with van der Waals surface area (Å²) in [5.41, 5.74) is 5.22. The van der Waals surface area contributed by atoms with Gasteiger partial charge in [-0.05, 0) is 73.7 Å². The van der Waals surface area contributed by atoms with Crippen molar-refractivity contribution >= 4 is 5.91 Å². The van der Waals surface area contributed by atoms with Crippen molar-refractivity contribution < 1.29 is 13.9 Å². The number of hydrogen-bond donors (Lipinski definition) is 1. The first-order valence-corrected chi connectivity index (χ1v) is 11.4. The second-order valence-electron chi connectivity index (χ2n) is 8.35. The fourth-order valence-electron chi connectivity index (χ4n) is 4.20. The van der Waals surface area contributed by atoms with E-state index in [1.807, 2.05) is 36.4 Å². The van der Waals surface area contributed by atoms with Crippen molar-refractivity contribution in [3.8, 4) is 11.4 Å². The van der Waals surface area contributed by atoms with E-state index in [4.69, 9.17) is 4.74 Å². The number of nitrogens with one attached hydrogen (secondary N) is 1. The maximum Gasteiger partial charge on any atom is 0.272 e. The summed E-state index contributed by atoms with van der Waals surface area (Å²) in [4.78, 5) is 17.1. The van der Waals surface area contributed by atoms with E-state index < -0.39 is 0 Å². The highest BCUT2D eigenvalue weighted by atomic mass is 19.1. The van der Waals surface area contributed by atoms with Gasteiger partial charge in [0.1, 0.15) is 18.2 Å². The lowest BCUT2D eigenvalue weighted by Crippen LogP contribution is -2.24. The minimum absolute atomic E-state index is 0.198. The Balaban J connectivity index is 1.25. The zero-order valence-corrected chi connectivity index (χ0v) is 18.7. The molecule has 1 N–H and O–H groups in total. The van der Waals surface area contributed by atoms with Crippen molar-refractivity contribution in [3.05, 3.63) is 107 Å². The summed E-state index contributed by atoms with van der Waals surface area (Å²) in [6.45, 7) is 0.839. The molecule has 2 aromatic heterocycles. The Bertz CT molecular complexity index is 1270. The van der Waals surface area contributed by atoms with Gasteiger partial charge in [0, 0.05) is 35.8 Å². The molecule has 4 aromatic rings. The average molecular weight is 457 g/mol. The molecule has 0 fully saturated rings. The smallest absolute Gasteiger partial charge is 0.272 e. The lowest BCUT2D eigenvalue weighted by molar-refractivity contribution is 0.0944. The number of carbonyl (C=O) groups excluding carboxylic acids is 1. The minimum Gasteiger partial charge on any atom is -0.489 e. The van der Waals surface area contributed by atoms with Crippen LogP contribution >= 0.6 is 0 Å². The molecule has 0 radical (unpaired) electrons. The average Bonchev–Trinajstić information content (AvgIpc) is 3.28. The predicted molar refractivity (Wildman–Crippen MR) is 126 cm³/mol. The van der Waals surface area contributed by atoms with Crippen molar-refractivity contribution in [1.82, 2.24) is 20.1 Å². The van der Waals surface area contributed by atoms with Crippen LogP contribution in [0.1, 0.15) is 45.7 Å². The number of fused-ring (bicyclic) bond motifs is 1. The molecule has 172 valence electrons. The summed E-state index contributed by atoms with van der Waals surface area (Å²) in [6, 6.07) is 17.7. The summed E-state index contributed by atoms with van der Waals surface area (Å²) < 4.78 is 21.0. The largest absolute Gasteiger partial charge is 0.489 e. The number of pyridine rings is 1. The van der Waals surface area contributed by atoms with Crippen LogP contribution in [0.2, 0.25) is 0 Å². The summed E-state index contributed by atoms with van der Waals surface area (Å²) in [6.07, 6.45) is 7.27. The summed E-state index contributed by atoms with van der Waals surface area (Å²) in [5.74, 6) is 0.262. The molecule has 0 bridgehead atoms. The Kier molecular flexibility index (Phi) is 6.33. The van der Waals surface area contributed by atoms with Gasteiger partial charge in [-0.25, -0.2) is 9.07 Å². The second-order valence-corrected chi connectivity index (χ2v) is 8.35. The van der Waals surface area contributed by atoms with E-state index in [1.54, 1.807) is 29.2 Å². The number of aromatic nitrogens is 3. The fraction of sp³-hybridized carbons (Fsp3) is 0.222. The molecule has 0 saturated heterocycles. The van der Waals surface area contributed by atoms with Crippen LogP contribution in [0.4, 0.5) is 4.39 Å². The monoisotopic (exact) mass is 456 g/mol. The second kappa shape index (κ2) is 9.87. The van der Waals surface area contributed by atoms with E-state index in [9.17, 15) is 9.18 Å². The van der Waals surface area contributed by atoms with Gasteiger partial charge in [-0.2, -0.15) is 5.10 Å². The van der Waals surface area contributed by atoms with Crippen LogP contribution in [-0.4, -0.2) is 20.7 Å². The number of halogens is 1. The van der Waals surface area contributed by atoms with E-state index in [0.29, 0.717) is 18.8 Å². The molecule has 1 aliphatic carbocycles. The molecule has 0 aliphatic heterocycles. The molecule has 7 heteroatoms. The van der Waals surface area contributed by atoms with Crippen LogP contribution in [-0.2, 0) is 26.0 Å². The molecule has 6 nitrogen and oxygen atoms in total. The first-order valence-electron chi connectivity index (χ1n) is 11.4. The maximum atomic E-state index is 13.4. The van der Waals surface area contributed by atoms with Gasteiger partial charge in [-0.15, -0.1) is 0 Å². The van der Waals surface area contributed by atoms with Crippen LogP contribution in [0.15, 0.2) is 73.1 Å². The zero-order chi connectivity index (χ0) is 23.3. The molecule has 1 aliphatic rings. The third kappa shape index (κ3) is 4.83. The van der Waals surface area contributed by atoms with Gasteiger partial charge in [0.15, 0.2) is 5.69 Å². The van der Waals surface area contributed by atoms with Crippen LogP contribution in [0.5, 0.6) is 5.75 Å². The van der Waals surface area contributed by atoms with E-state index in [0.717, 1.165) is 59.5 Å². The third-order valence-electron chi connectivity index (χ3n) is 5.97. The number of ether oxygens (including phenoxy) is 1. The van der Waals surface area contributed by atoms with E-state index in [2.05, 4.69) is 15.4 Å². The molecular formula is C27H25FN4O2. The molecule has 2 heterocycles. The molecule has 0 spiro atoms. The molecular weight excluding hydrogens is 431 g/mol. The van der Waals surface area contributed by atoms with Crippen molar-refractivity contribution in [2.24, 2.45) is 0 Å². The quantitative estimate of drug-likeness (QED) is 0.434. The van der Waals surface area contributed by atoms with Gasteiger partial charge >= 0.3 is 0 Å². The van der Waals surface area contributed by atoms with Crippen molar-refractivity contribution in [2.75, 3.05) is 0 Å². The Labute approximate surface area is 197 Å². The number of carbonyl (C=O) groups is 1. The molecule has 5 rings (SSSR count). The van der Waals surface area contributed by atoms with Crippen LogP contribution in [0.25, 0.3) is 5.69 Å². The maximum absolute atomic E-state index is 13.4. The topological polar surface area (TPSA) is 69.0 Å². The number of rotatable bonds is 7. The predicted octanol–water partition coefficient (Wildman–Crippen LogP) is 4.79. The minimum atomic E-state index is -0.295. The standard InChI is InChI=1S/C27H25FN4O2/c28-21-9-11-22(12-10-21)32-25-6-2-1-5-24(25)26(31-32)27(33)30-17-19-7-13-23(14-8-19)34-18-20-4-3-15-29-16-20/h3-4,7-16H,1-2,5-6,17-18H2,(H,30,33). The highest BCUT2D eigenvalue weighted by molar-refractivity contribution is 5.94. The summed E-state index contributed by atoms with van der Waals surface area (Å²) in [5, 5.41) is 7.62.